The van der Waals surface area contributed by atoms with Gasteiger partial charge in [-0.25, -0.2) is 4.39 Å². The Morgan fingerprint density at radius 2 is 2.22 bits per heavy atom. The minimum Gasteiger partial charge on any atom is -0.311 e. The number of likely N-dealkylation sites (N-methyl/N-ethyl adjacent to an activating group) is 1. The van der Waals surface area contributed by atoms with E-state index in [0.29, 0.717) is 11.4 Å². The van der Waals surface area contributed by atoms with E-state index in [1.807, 2.05) is 26.4 Å². The summed E-state index contributed by atoms with van der Waals surface area (Å²) in [4.78, 5) is 0. The molecule has 0 saturated heterocycles. The first-order valence-corrected chi connectivity index (χ1v) is 6.08. The average molecular weight is 268 g/mol. The van der Waals surface area contributed by atoms with Gasteiger partial charge in [0, 0.05) is 18.3 Å². The molecule has 0 aliphatic rings. The maximum Gasteiger partial charge on any atom is 0.124 e. The minimum atomic E-state index is -0.317. The molecule has 0 spiro atoms. The largest absolute Gasteiger partial charge is 0.311 e. The van der Waals surface area contributed by atoms with Crippen molar-refractivity contribution in [1.82, 2.24) is 15.1 Å². The third kappa shape index (κ3) is 2.89. The number of aryl methyl sites for hydroxylation is 1. The molecule has 2 aromatic rings. The van der Waals surface area contributed by atoms with Crippen molar-refractivity contribution < 1.29 is 4.39 Å². The molecule has 0 aliphatic carbocycles. The number of aromatic nitrogens is 2. The number of hydrogen-bond donors (Lipinski definition) is 1. The second kappa shape index (κ2) is 5.50. The minimum absolute atomic E-state index is 0.0640. The highest BCUT2D eigenvalue weighted by molar-refractivity contribution is 6.31. The Balaban J connectivity index is 2.20. The van der Waals surface area contributed by atoms with E-state index in [4.69, 9.17) is 11.6 Å². The first-order valence-electron chi connectivity index (χ1n) is 5.71. The smallest absolute Gasteiger partial charge is 0.124 e. The summed E-state index contributed by atoms with van der Waals surface area (Å²) in [6.07, 6.45) is 2.57. The highest BCUT2D eigenvalue weighted by atomic mass is 35.5. The van der Waals surface area contributed by atoms with E-state index < -0.39 is 0 Å². The van der Waals surface area contributed by atoms with Crippen LogP contribution in [0.1, 0.15) is 17.3 Å². The third-order valence-corrected chi connectivity index (χ3v) is 3.23. The summed E-state index contributed by atoms with van der Waals surface area (Å²) in [6.45, 7) is 0. The Labute approximate surface area is 111 Å². The van der Waals surface area contributed by atoms with Crippen LogP contribution in [-0.4, -0.2) is 16.8 Å². The van der Waals surface area contributed by atoms with E-state index in [1.165, 1.54) is 12.1 Å². The van der Waals surface area contributed by atoms with Crippen LogP contribution in [0, 0.1) is 5.82 Å². The van der Waals surface area contributed by atoms with Crippen molar-refractivity contribution >= 4 is 11.6 Å². The molecule has 1 unspecified atom stereocenters. The van der Waals surface area contributed by atoms with Crippen LogP contribution < -0.4 is 5.32 Å². The molecule has 0 aliphatic heterocycles. The number of benzene rings is 1. The molecule has 1 aromatic heterocycles. The van der Waals surface area contributed by atoms with Crippen molar-refractivity contribution in [3.05, 3.63) is 52.6 Å². The van der Waals surface area contributed by atoms with Gasteiger partial charge in [-0.1, -0.05) is 17.7 Å². The molecule has 1 aromatic carbocycles. The number of halogens is 2. The third-order valence-electron chi connectivity index (χ3n) is 2.88. The molecule has 1 atom stereocenters. The van der Waals surface area contributed by atoms with Gasteiger partial charge in [0.1, 0.15) is 5.82 Å². The van der Waals surface area contributed by atoms with Gasteiger partial charge in [-0.2, -0.15) is 5.10 Å². The zero-order valence-electron chi connectivity index (χ0n) is 10.3. The van der Waals surface area contributed by atoms with Gasteiger partial charge in [0.25, 0.3) is 0 Å². The number of nitrogens with zero attached hydrogens (tertiary/aromatic N) is 2. The fourth-order valence-corrected chi connectivity index (χ4v) is 2.12. The Morgan fingerprint density at radius 3 is 2.78 bits per heavy atom. The van der Waals surface area contributed by atoms with Crippen LogP contribution in [0.3, 0.4) is 0 Å². The van der Waals surface area contributed by atoms with E-state index in [1.54, 1.807) is 10.7 Å². The molecule has 0 amide bonds. The van der Waals surface area contributed by atoms with Crippen LogP contribution in [-0.2, 0) is 13.5 Å². The lowest BCUT2D eigenvalue weighted by atomic mass is 10.0. The second-order valence-electron chi connectivity index (χ2n) is 4.20. The summed E-state index contributed by atoms with van der Waals surface area (Å²) in [6, 6.07) is 6.49. The Bertz CT molecular complexity index is 539. The molecule has 5 heteroatoms. The monoisotopic (exact) mass is 267 g/mol. The van der Waals surface area contributed by atoms with Crippen molar-refractivity contribution in [2.75, 3.05) is 7.05 Å². The standard InChI is InChI=1S/C13H15ClFN3/c1-16-13(12-5-6-18(2)17-12)7-9-3-4-10(15)8-11(9)14/h3-6,8,13,16H,7H2,1-2H3. The summed E-state index contributed by atoms with van der Waals surface area (Å²) in [5.74, 6) is -0.317. The summed E-state index contributed by atoms with van der Waals surface area (Å²) in [5, 5.41) is 8.01. The maximum atomic E-state index is 13.0. The zero-order valence-corrected chi connectivity index (χ0v) is 11.1. The number of nitrogens with one attached hydrogen (secondary N) is 1. The van der Waals surface area contributed by atoms with Gasteiger partial charge in [0.2, 0.25) is 0 Å². The molecule has 1 N–H and O–H groups in total. The maximum absolute atomic E-state index is 13.0. The van der Waals surface area contributed by atoms with Crippen LogP contribution >= 0.6 is 11.6 Å². The second-order valence-corrected chi connectivity index (χ2v) is 4.60. The van der Waals surface area contributed by atoms with Crippen molar-refractivity contribution in [1.29, 1.82) is 0 Å². The van der Waals surface area contributed by atoms with Crippen LogP contribution in [0.5, 0.6) is 0 Å². The van der Waals surface area contributed by atoms with Gasteiger partial charge in [0.15, 0.2) is 0 Å². The normalized spacial score (nSPS) is 12.7. The molecule has 1 heterocycles. The highest BCUT2D eigenvalue weighted by Gasteiger charge is 2.14. The quantitative estimate of drug-likeness (QED) is 0.923. The van der Waals surface area contributed by atoms with E-state index in [0.717, 1.165) is 11.3 Å². The Morgan fingerprint density at radius 1 is 1.44 bits per heavy atom. The van der Waals surface area contributed by atoms with E-state index >= 15 is 0 Å². The molecule has 96 valence electrons. The first kappa shape index (κ1) is 13.1. The van der Waals surface area contributed by atoms with Crippen LogP contribution in [0.4, 0.5) is 4.39 Å². The summed E-state index contributed by atoms with van der Waals surface area (Å²) in [5.41, 5.74) is 1.85. The summed E-state index contributed by atoms with van der Waals surface area (Å²) < 4.78 is 14.7. The van der Waals surface area contributed by atoms with Crippen molar-refractivity contribution in [2.45, 2.75) is 12.5 Å². The SMILES string of the molecule is CNC(Cc1ccc(F)cc1Cl)c1ccn(C)n1. The number of hydrogen-bond acceptors (Lipinski definition) is 2. The van der Waals surface area contributed by atoms with Gasteiger partial charge in [-0.15, -0.1) is 0 Å². The lowest BCUT2D eigenvalue weighted by molar-refractivity contribution is 0.561. The molecule has 0 fully saturated rings. The Hall–Kier alpha value is -1.39. The van der Waals surface area contributed by atoms with E-state index in [-0.39, 0.29) is 11.9 Å². The van der Waals surface area contributed by atoms with Gasteiger partial charge in [-0.05, 0) is 37.2 Å². The highest BCUT2D eigenvalue weighted by Crippen LogP contribution is 2.23. The summed E-state index contributed by atoms with van der Waals surface area (Å²) in [7, 11) is 3.75. The summed E-state index contributed by atoms with van der Waals surface area (Å²) >= 11 is 6.03. The molecule has 2 rings (SSSR count). The van der Waals surface area contributed by atoms with Gasteiger partial charge in [-0.3, -0.25) is 4.68 Å². The molecule has 0 radical (unpaired) electrons. The van der Waals surface area contributed by atoms with Crippen LogP contribution in [0.25, 0.3) is 0 Å². The zero-order chi connectivity index (χ0) is 13.1. The molecular formula is C13H15ClFN3. The topological polar surface area (TPSA) is 29.9 Å². The molecule has 3 nitrogen and oxygen atoms in total. The lowest BCUT2D eigenvalue weighted by Crippen LogP contribution is -2.19. The molecule has 18 heavy (non-hydrogen) atoms. The lowest BCUT2D eigenvalue weighted by Gasteiger charge is -2.14. The average Bonchev–Trinajstić information content (AvgIpc) is 2.75. The van der Waals surface area contributed by atoms with E-state index in [9.17, 15) is 4.39 Å². The van der Waals surface area contributed by atoms with E-state index in [2.05, 4.69) is 10.4 Å². The fourth-order valence-electron chi connectivity index (χ4n) is 1.88. The molecular weight excluding hydrogens is 253 g/mol. The van der Waals surface area contributed by atoms with Gasteiger partial charge < -0.3 is 5.32 Å². The Kier molecular flexibility index (Phi) is 3.99. The first-order chi connectivity index (χ1) is 8.60. The van der Waals surface area contributed by atoms with Crippen LogP contribution in [0.15, 0.2) is 30.5 Å². The van der Waals surface area contributed by atoms with Gasteiger partial charge in [0.05, 0.1) is 11.7 Å². The molecule has 0 bridgehead atoms. The van der Waals surface area contributed by atoms with Crippen molar-refractivity contribution in [2.24, 2.45) is 7.05 Å². The predicted octanol–water partition coefficient (Wildman–Crippen LogP) is 2.72. The van der Waals surface area contributed by atoms with Crippen molar-refractivity contribution in [3.8, 4) is 0 Å². The fraction of sp³-hybridized carbons (Fsp3) is 0.308. The van der Waals surface area contributed by atoms with Crippen molar-refractivity contribution in [3.63, 3.8) is 0 Å². The molecule has 0 saturated carbocycles. The number of rotatable bonds is 4. The van der Waals surface area contributed by atoms with Crippen LogP contribution in [0.2, 0.25) is 5.02 Å². The predicted molar refractivity (Wildman–Crippen MR) is 70.1 cm³/mol. The van der Waals surface area contributed by atoms with Gasteiger partial charge >= 0.3 is 0 Å².